The van der Waals surface area contributed by atoms with Gasteiger partial charge in [0.25, 0.3) is 0 Å². The van der Waals surface area contributed by atoms with Crippen molar-refractivity contribution in [3.8, 4) is 0 Å². The van der Waals surface area contributed by atoms with E-state index in [4.69, 9.17) is 4.74 Å². The number of nitrogens with one attached hydrogen (secondary N) is 1. The summed E-state index contributed by atoms with van der Waals surface area (Å²) in [6, 6.07) is 5.93. The lowest BCUT2D eigenvalue weighted by atomic mass is 9.69. The van der Waals surface area contributed by atoms with E-state index in [-0.39, 0.29) is 17.5 Å². The van der Waals surface area contributed by atoms with Gasteiger partial charge in [-0.1, -0.05) is 19.1 Å². The summed E-state index contributed by atoms with van der Waals surface area (Å²) >= 11 is 0. The molecule has 0 radical (unpaired) electrons. The third-order valence-electron chi connectivity index (χ3n) is 5.25. The predicted octanol–water partition coefficient (Wildman–Crippen LogP) is 4.13. The molecule has 2 fully saturated rings. The highest BCUT2D eigenvalue weighted by molar-refractivity contribution is 5.26. The van der Waals surface area contributed by atoms with Crippen molar-refractivity contribution in [3.05, 3.63) is 35.1 Å². The zero-order valence-corrected chi connectivity index (χ0v) is 13.1. The van der Waals surface area contributed by atoms with Crippen molar-refractivity contribution in [3.63, 3.8) is 0 Å². The Morgan fingerprint density at radius 2 is 2.24 bits per heavy atom. The Morgan fingerprint density at radius 3 is 2.86 bits per heavy atom. The number of benzene rings is 1. The van der Waals surface area contributed by atoms with E-state index in [0.29, 0.717) is 5.92 Å². The molecular formula is C18H26FNO. The van der Waals surface area contributed by atoms with Crippen LogP contribution in [0.1, 0.15) is 56.2 Å². The van der Waals surface area contributed by atoms with Crippen LogP contribution in [0, 0.1) is 18.7 Å². The Kier molecular flexibility index (Phi) is 4.32. The molecule has 1 N–H and O–H groups in total. The fraction of sp³-hybridized carbons (Fsp3) is 0.667. The fourth-order valence-electron chi connectivity index (χ4n) is 3.85. The maximum atomic E-state index is 13.9. The molecule has 3 heteroatoms. The van der Waals surface area contributed by atoms with Crippen LogP contribution in [-0.4, -0.2) is 18.8 Å². The van der Waals surface area contributed by atoms with E-state index in [2.05, 4.69) is 18.3 Å². The van der Waals surface area contributed by atoms with Crippen LogP contribution >= 0.6 is 0 Å². The van der Waals surface area contributed by atoms with Gasteiger partial charge >= 0.3 is 0 Å². The summed E-state index contributed by atoms with van der Waals surface area (Å²) in [6.45, 7) is 5.70. The van der Waals surface area contributed by atoms with Gasteiger partial charge in [-0.25, -0.2) is 4.39 Å². The van der Waals surface area contributed by atoms with Gasteiger partial charge in [-0.3, -0.25) is 0 Å². The summed E-state index contributed by atoms with van der Waals surface area (Å²) in [5.41, 5.74) is 1.94. The van der Waals surface area contributed by atoms with Gasteiger partial charge in [-0.05, 0) is 68.7 Å². The van der Waals surface area contributed by atoms with Gasteiger partial charge in [0, 0.05) is 12.6 Å². The van der Waals surface area contributed by atoms with Gasteiger partial charge in [0.05, 0.1) is 5.60 Å². The molecule has 116 valence electrons. The van der Waals surface area contributed by atoms with E-state index < -0.39 is 0 Å². The van der Waals surface area contributed by atoms with Crippen LogP contribution in [0.15, 0.2) is 18.2 Å². The minimum Gasteiger partial charge on any atom is -0.375 e. The monoisotopic (exact) mass is 291 g/mol. The second kappa shape index (κ2) is 6.05. The first kappa shape index (κ1) is 15.0. The number of hydrogen-bond donors (Lipinski definition) is 1. The van der Waals surface area contributed by atoms with Crippen LogP contribution in [-0.2, 0) is 4.74 Å². The number of halogens is 1. The predicted molar refractivity (Wildman–Crippen MR) is 82.8 cm³/mol. The van der Waals surface area contributed by atoms with Gasteiger partial charge in [0.15, 0.2) is 0 Å². The van der Waals surface area contributed by atoms with E-state index >= 15 is 0 Å². The lowest BCUT2D eigenvalue weighted by Gasteiger charge is -2.49. The van der Waals surface area contributed by atoms with Crippen molar-refractivity contribution in [2.24, 2.45) is 5.92 Å². The van der Waals surface area contributed by atoms with Gasteiger partial charge < -0.3 is 10.1 Å². The lowest BCUT2D eigenvalue weighted by molar-refractivity contribution is -0.147. The molecule has 2 unspecified atom stereocenters. The Labute approximate surface area is 127 Å². The van der Waals surface area contributed by atoms with Gasteiger partial charge in [0.1, 0.15) is 5.82 Å². The number of aryl methyl sites for hydroxylation is 1. The second-order valence-corrected chi connectivity index (χ2v) is 6.68. The number of hydrogen-bond acceptors (Lipinski definition) is 2. The molecule has 1 heterocycles. The summed E-state index contributed by atoms with van der Waals surface area (Å²) in [5.74, 6) is 0.446. The number of ether oxygens (including phenoxy) is 1. The Morgan fingerprint density at radius 1 is 1.43 bits per heavy atom. The Hall–Kier alpha value is -0.930. The standard InChI is InChI=1S/C18H26FNO/c1-3-20-17(14-6-5-13(2)16(19)11-14)15-7-10-21-18(12-15)8-4-9-18/h5-6,11,15,17,20H,3-4,7-10,12H2,1-2H3. The van der Waals surface area contributed by atoms with Crippen LogP contribution < -0.4 is 5.32 Å². The van der Waals surface area contributed by atoms with Gasteiger partial charge in [0.2, 0.25) is 0 Å². The molecule has 0 bridgehead atoms. The van der Waals surface area contributed by atoms with Crippen molar-refractivity contribution in [2.75, 3.05) is 13.2 Å². The SMILES string of the molecule is CCNC(c1ccc(C)c(F)c1)C1CCOC2(CCC2)C1. The summed E-state index contributed by atoms with van der Waals surface area (Å²) in [5, 5.41) is 3.58. The van der Waals surface area contributed by atoms with Crippen LogP contribution in [0.3, 0.4) is 0 Å². The van der Waals surface area contributed by atoms with Gasteiger partial charge in [-0.2, -0.15) is 0 Å². The summed E-state index contributed by atoms with van der Waals surface area (Å²) in [4.78, 5) is 0. The average molecular weight is 291 g/mol. The first-order chi connectivity index (χ1) is 10.1. The third kappa shape index (κ3) is 3.00. The first-order valence-corrected chi connectivity index (χ1v) is 8.27. The molecule has 21 heavy (non-hydrogen) atoms. The summed E-state index contributed by atoms with van der Waals surface area (Å²) < 4.78 is 20.0. The fourth-order valence-corrected chi connectivity index (χ4v) is 3.85. The first-order valence-electron chi connectivity index (χ1n) is 8.27. The van der Waals surface area contributed by atoms with Crippen LogP contribution in [0.5, 0.6) is 0 Å². The topological polar surface area (TPSA) is 21.3 Å². The molecule has 1 spiro atoms. The molecule has 0 aromatic heterocycles. The minimum atomic E-state index is -0.0965. The molecule has 2 aliphatic rings. The lowest BCUT2D eigenvalue weighted by Crippen LogP contribution is -2.48. The molecule has 1 saturated carbocycles. The van der Waals surface area contributed by atoms with E-state index in [1.165, 1.54) is 19.3 Å². The molecule has 2 nitrogen and oxygen atoms in total. The Bertz CT molecular complexity index is 498. The van der Waals surface area contributed by atoms with E-state index in [0.717, 1.165) is 37.1 Å². The van der Waals surface area contributed by atoms with Crippen LogP contribution in [0.25, 0.3) is 0 Å². The second-order valence-electron chi connectivity index (χ2n) is 6.68. The van der Waals surface area contributed by atoms with Crippen LogP contribution in [0.4, 0.5) is 4.39 Å². The molecule has 1 aliphatic heterocycles. The maximum Gasteiger partial charge on any atom is 0.126 e. The zero-order valence-electron chi connectivity index (χ0n) is 13.1. The van der Waals surface area contributed by atoms with Crippen molar-refractivity contribution in [2.45, 2.75) is 57.6 Å². The molecule has 1 aromatic carbocycles. The molecule has 0 amide bonds. The summed E-state index contributed by atoms with van der Waals surface area (Å²) in [6.07, 6.45) is 5.86. The zero-order chi connectivity index (χ0) is 14.9. The van der Waals surface area contributed by atoms with Crippen molar-refractivity contribution < 1.29 is 9.13 Å². The maximum absolute atomic E-state index is 13.9. The van der Waals surface area contributed by atoms with Crippen LogP contribution in [0.2, 0.25) is 0 Å². The highest BCUT2D eigenvalue weighted by atomic mass is 19.1. The quantitative estimate of drug-likeness (QED) is 0.900. The molecule has 1 saturated heterocycles. The van der Waals surface area contributed by atoms with Crippen molar-refractivity contribution >= 4 is 0 Å². The minimum absolute atomic E-state index is 0.0965. The molecule has 3 rings (SSSR count). The molecule has 1 aromatic rings. The molecule has 1 aliphatic carbocycles. The number of rotatable bonds is 4. The molecular weight excluding hydrogens is 265 g/mol. The molecule has 2 atom stereocenters. The third-order valence-corrected chi connectivity index (χ3v) is 5.25. The average Bonchev–Trinajstić information content (AvgIpc) is 2.46. The van der Waals surface area contributed by atoms with Gasteiger partial charge in [-0.15, -0.1) is 0 Å². The van der Waals surface area contributed by atoms with E-state index in [1.807, 2.05) is 13.0 Å². The largest absolute Gasteiger partial charge is 0.375 e. The normalized spacial score (nSPS) is 25.6. The highest BCUT2D eigenvalue weighted by Gasteiger charge is 2.44. The highest BCUT2D eigenvalue weighted by Crippen LogP contribution is 2.47. The smallest absolute Gasteiger partial charge is 0.126 e. The van der Waals surface area contributed by atoms with E-state index in [1.54, 1.807) is 6.07 Å². The van der Waals surface area contributed by atoms with E-state index in [9.17, 15) is 4.39 Å². The summed E-state index contributed by atoms with van der Waals surface area (Å²) in [7, 11) is 0. The van der Waals surface area contributed by atoms with Crippen molar-refractivity contribution in [1.82, 2.24) is 5.32 Å². The van der Waals surface area contributed by atoms with Crippen molar-refractivity contribution in [1.29, 1.82) is 0 Å². The Balaban J connectivity index is 1.81.